The Kier molecular flexibility index (Phi) is 10.3. The summed E-state index contributed by atoms with van der Waals surface area (Å²) in [5.74, 6) is -5.73. The molecule has 0 spiro atoms. The van der Waals surface area contributed by atoms with Gasteiger partial charge in [-0.25, -0.2) is 8.78 Å². The highest BCUT2D eigenvalue weighted by Crippen LogP contribution is 2.41. The van der Waals surface area contributed by atoms with Crippen LogP contribution in [0.5, 0.6) is 5.75 Å². The third-order valence-corrected chi connectivity index (χ3v) is 9.80. The number of aryl methyl sites for hydroxylation is 1. The van der Waals surface area contributed by atoms with Crippen molar-refractivity contribution in [3.63, 3.8) is 0 Å². The van der Waals surface area contributed by atoms with Crippen molar-refractivity contribution < 1.29 is 37.4 Å². The van der Waals surface area contributed by atoms with Crippen molar-refractivity contribution in [1.29, 1.82) is 0 Å². The van der Waals surface area contributed by atoms with E-state index in [1.54, 1.807) is 4.90 Å². The topological polar surface area (TPSA) is 108 Å². The van der Waals surface area contributed by atoms with Crippen molar-refractivity contribution in [3.05, 3.63) is 105 Å². The SMILES string of the molecule is O=C(O)CCC(=O)N1C[C@H]2CC(c3ccc(CCCOc4c(F)ccc(F)c4F)cc3)=C(C(=O)NC3(Cc4ccccc4Cl)CC3)[C@@H](C1)N2. The molecular formula is C37H37ClF3N3O5. The zero-order chi connectivity index (χ0) is 34.7. The number of rotatable bonds is 13. The Labute approximate surface area is 287 Å². The number of carbonyl (C=O) groups excluding carboxylic acids is 2. The van der Waals surface area contributed by atoms with Crippen LogP contribution in [0.4, 0.5) is 13.2 Å². The van der Waals surface area contributed by atoms with Crippen molar-refractivity contribution in [2.75, 3.05) is 19.7 Å². The standard InChI is InChI=1S/C37H37ClF3N3O5/c38-27-6-2-1-5-24(27)19-37(15-16-37)43-36(48)33-26(18-25-20-44(21-30(33)42-25)31(45)13-14-32(46)47)23-9-7-22(8-10-23)4-3-17-49-35-29(40)12-11-28(39)34(35)41/h1-2,5-12,25,30,42H,3-4,13-21H2,(H,43,48)(H,46,47)/t25-,30-/m1/s1. The van der Waals surface area contributed by atoms with E-state index in [9.17, 15) is 27.6 Å². The normalized spacial score (nSPS) is 19.4. The number of ether oxygens (including phenoxy) is 1. The number of nitrogens with zero attached hydrogens (tertiary/aromatic N) is 1. The van der Waals surface area contributed by atoms with Crippen molar-refractivity contribution in [2.45, 2.75) is 69.0 Å². The molecule has 2 bridgehead atoms. The Morgan fingerprint density at radius 1 is 0.980 bits per heavy atom. The molecule has 3 aromatic rings. The molecule has 2 heterocycles. The lowest BCUT2D eigenvalue weighted by Gasteiger charge is -2.44. The zero-order valence-electron chi connectivity index (χ0n) is 26.7. The summed E-state index contributed by atoms with van der Waals surface area (Å²) in [4.78, 5) is 39.9. The van der Waals surface area contributed by atoms with Gasteiger partial charge < -0.3 is 25.4 Å². The quantitative estimate of drug-likeness (QED) is 0.153. The van der Waals surface area contributed by atoms with Gasteiger partial charge in [-0.3, -0.25) is 14.4 Å². The van der Waals surface area contributed by atoms with E-state index in [-0.39, 0.29) is 43.8 Å². The third-order valence-electron chi connectivity index (χ3n) is 9.43. The lowest BCUT2D eigenvalue weighted by Crippen LogP contribution is -2.62. The van der Waals surface area contributed by atoms with Gasteiger partial charge in [0.1, 0.15) is 0 Å². The fraction of sp³-hybridized carbons (Fsp3) is 0.378. The predicted octanol–water partition coefficient (Wildman–Crippen LogP) is 5.85. The van der Waals surface area contributed by atoms with E-state index in [4.69, 9.17) is 21.4 Å². The van der Waals surface area contributed by atoms with Gasteiger partial charge in [-0.15, -0.1) is 0 Å². The van der Waals surface area contributed by atoms with Gasteiger partial charge in [-0.2, -0.15) is 4.39 Å². The molecule has 3 N–H and O–H groups in total. The number of hydrogen-bond donors (Lipinski definition) is 3. The predicted molar refractivity (Wildman–Crippen MR) is 178 cm³/mol. The highest BCUT2D eigenvalue weighted by molar-refractivity contribution is 6.31. The van der Waals surface area contributed by atoms with Gasteiger partial charge >= 0.3 is 5.97 Å². The number of benzene rings is 3. The van der Waals surface area contributed by atoms with Gasteiger partial charge in [0.25, 0.3) is 0 Å². The van der Waals surface area contributed by atoms with Crippen LogP contribution in [0.2, 0.25) is 5.02 Å². The molecule has 1 saturated carbocycles. The van der Waals surface area contributed by atoms with E-state index in [2.05, 4.69) is 10.6 Å². The maximum absolute atomic E-state index is 14.2. The number of halogens is 4. The summed E-state index contributed by atoms with van der Waals surface area (Å²) in [6.07, 6.45) is 3.30. The summed E-state index contributed by atoms with van der Waals surface area (Å²) in [5, 5.41) is 16.6. The van der Waals surface area contributed by atoms with Gasteiger partial charge in [0.05, 0.1) is 19.1 Å². The number of carbonyl (C=O) groups is 3. The van der Waals surface area contributed by atoms with E-state index in [0.717, 1.165) is 41.2 Å². The Bertz CT molecular complexity index is 1780. The maximum atomic E-state index is 14.2. The minimum absolute atomic E-state index is 0.0127. The van der Waals surface area contributed by atoms with Crippen LogP contribution in [-0.2, 0) is 27.2 Å². The number of piperazine rings is 1. The van der Waals surface area contributed by atoms with Gasteiger partial charge in [-0.05, 0) is 79.0 Å². The van der Waals surface area contributed by atoms with Crippen molar-refractivity contribution in [1.82, 2.24) is 15.5 Å². The fourth-order valence-electron chi connectivity index (χ4n) is 6.74. The van der Waals surface area contributed by atoms with E-state index >= 15 is 0 Å². The molecular weight excluding hydrogens is 659 g/mol. The van der Waals surface area contributed by atoms with Crippen molar-refractivity contribution >= 4 is 35.0 Å². The van der Waals surface area contributed by atoms with E-state index < -0.39 is 40.8 Å². The van der Waals surface area contributed by atoms with E-state index in [1.165, 1.54) is 0 Å². The number of fused-ring (bicyclic) bond motifs is 2. The first kappa shape index (κ1) is 34.5. The van der Waals surface area contributed by atoms with Gasteiger partial charge in [-0.1, -0.05) is 54.1 Å². The van der Waals surface area contributed by atoms with Crippen LogP contribution in [0.1, 0.15) is 55.2 Å². The fourth-order valence-corrected chi connectivity index (χ4v) is 6.94. The third kappa shape index (κ3) is 8.11. The summed E-state index contributed by atoms with van der Waals surface area (Å²) in [5.41, 5.74) is 3.78. The second kappa shape index (κ2) is 14.6. The van der Waals surface area contributed by atoms with Crippen LogP contribution in [0.3, 0.4) is 0 Å². The summed E-state index contributed by atoms with van der Waals surface area (Å²) in [7, 11) is 0. The molecule has 6 rings (SSSR count). The molecule has 2 aliphatic heterocycles. The molecule has 1 saturated heterocycles. The van der Waals surface area contributed by atoms with E-state index in [1.807, 2.05) is 48.5 Å². The van der Waals surface area contributed by atoms with Crippen molar-refractivity contribution in [3.8, 4) is 5.75 Å². The number of carboxylic acid groups (broad SMARTS) is 1. The molecule has 12 heteroatoms. The summed E-state index contributed by atoms with van der Waals surface area (Å²) >= 11 is 6.45. The van der Waals surface area contributed by atoms with E-state index in [0.29, 0.717) is 48.9 Å². The zero-order valence-corrected chi connectivity index (χ0v) is 27.5. The highest BCUT2D eigenvalue weighted by Gasteiger charge is 2.47. The molecule has 49 heavy (non-hydrogen) atoms. The molecule has 2 fully saturated rings. The van der Waals surface area contributed by atoms with Crippen LogP contribution in [-0.4, -0.2) is 65.1 Å². The van der Waals surface area contributed by atoms with Crippen LogP contribution in [0.25, 0.3) is 5.57 Å². The van der Waals surface area contributed by atoms with Crippen LogP contribution in [0.15, 0.2) is 66.2 Å². The first-order chi connectivity index (χ1) is 23.5. The largest absolute Gasteiger partial charge is 0.488 e. The Hall–Kier alpha value is -4.35. The molecule has 0 radical (unpaired) electrons. The van der Waals surface area contributed by atoms with Crippen LogP contribution in [0, 0.1) is 17.5 Å². The smallest absolute Gasteiger partial charge is 0.303 e. The number of amides is 2. The van der Waals surface area contributed by atoms with Gasteiger partial charge in [0, 0.05) is 41.7 Å². The number of nitrogens with one attached hydrogen (secondary N) is 2. The molecule has 258 valence electrons. The highest BCUT2D eigenvalue weighted by atomic mass is 35.5. The molecule has 0 aromatic heterocycles. The maximum Gasteiger partial charge on any atom is 0.303 e. The van der Waals surface area contributed by atoms with Gasteiger partial charge in [0.2, 0.25) is 17.6 Å². The summed E-state index contributed by atoms with van der Waals surface area (Å²) < 4.78 is 46.5. The lowest BCUT2D eigenvalue weighted by atomic mass is 9.82. The summed E-state index contributed by atoms with van der Waals surface area (Å²) in [6.45, 7) is 0.624. The first-order valence-corrected chi connectivity index (χ1v) is 16.8. The minimum Gasteiger partial charge on any atom is -0.488 e. The monoisotopic (exact) mass is 695 g/mol. The molecule has 2 amide bonds. The van der Waals surface area contributed by atoms with Gasteiger partial charge in [0.15, 0.2) is 17.4 Å². The Balaban J connectivity index is 1.20. The lowest BCUT2D eigenvalue weighted by molar-refractivity contribution is -0.141. The molecule has 3 aromatic carbocycles. The van der Waals surface area contributed by atoms with Crippen LogP contribution < -0.4 is 15.4 Å². The minimum atomic E-state index is -1.35. The summed E-state index contributed by atoms with van der Waals surface area (Å²) in [6, 6.07) is 16.3. The molecule has 0 unspecified atom stereocenters. The average molecular weight is 696 g/mol. The first-order valence-electron chi connectivity index (χ1n) is 16.4. The Morgan fingerprint density at radius 3 is 2.43 bits per heavy atom. The molecule has 3 aliphatic rings. The van der Waals surface area contributed by atoms with Crippen molar-refractivity contribution in [2.24, 2.45) is 0 Å². The number of hydrogen-bond acceptors (Lipinski definition) is 5. The Morgan fingerprint density at radius 2 is 1.71 bits per heavy atom. The molecule has 8 nitrogen and oxygen atoms in total. The number of carboxylic acids is 1. The average Bonchev–Trinajstić information content (AvgIpc) is 3.84. The second-order valence-electron chi connectivity index (χ2n) is 13.0. The molecule has 1 aliphatic carbocycles. The second-order valence-corrected chi connectivity index (χ2v) is 13.4. The molecule has 2 atom stereocenters. The van der Waals surface area contributed by atoms with Crippen LogP contribution >= 0.6 is 11.6 Å². The number of aliphatic carboxylic acids is 1.